The first-order chi connectivity index (χ1) is 10.0. The number of carbonyl (C=O) groups is 4. The molecule has 21 heavy (non-hydrogen) atoms. The molecule has 0 aromatic heterocycles. The zero-order valence-corrected chi connectivity index (χ0v) is 12.2. The molecule has 0 aliphatic carbocycles. The monoisotopic (exact) mass is 330 g/mol. The SMILES string of the molecule is O=CC=CC1=C(C(=O)O)N2C(=O)C(NC(=O)CCl)[C@@H]2SC1. The van der Waals surface area contributed by atoms with E-state index in [0.29, 0.717) is 17.6 Å². The van der Waals surface area contributed by atoms with Crippen LogP contribution in [0, 0.1) is 0 Å². The summed E-state index contributed by atoms with van der Waals surface area (Å²) in [4.78, 5) is 46.1. The number of hydrogen-bond donors (Lipinski definition) is 2. The van der Waals surface area contributed by atoms with Crippen molar-refractivity contribution in [3.8, 4) is 0 Å². The molecular weight excluding hydrogens is 320 g/mol. The Morgan fingerprint density at radius 2 is 2.24 bits per heavy atom. The van der Waals surface area contributed by atoms with Crippen LogP contribution in [-0.2, 0) is 19.2 Å². The van der Waals surface area contributed by atoms with E-state index in [1.54, 1.807) is 0 Å². The number of nitrogens with one attached hydrogen (secondary N) is 1. The minimum atomic E-state index is -1.25. The first kappa shape index (κ1) is 15.6. The van der Waals surface area contributed by atoms with Crippen LogP contribution >= 0.6 is 23.4 Å². The van der Waals surface area contributed by atoms with E-state index in [4.69, 9.17) is 11.6 Å². The maximum atomic E-state index is 12.0. The molecule has 2 aliphatic rings. The molecule has 9 heteroatoms. The summed E-state index contributed by atoms with van der Waals surface area (Å²) in [6.45, 7) is 0. The van der Waals surface area contributed by atoms with Crippen LogP contribution in [0.1, 0.15) is 0 Å². The molecule has 2 aliphatic heterocycles. The van der Waals surface area contributed by atoms with Crippen LogP contribution in [0.4, 0.5) is 0 Å². The highest BCUT2D eigenvalue weighted by Crippen LogP contribution is 2.40. The Kier molecular flexibility index (Phi) is 4.69. The van der Waals surface area contributed by atoms with E-state index in [0.717, 1.165) is 4.90 Å². The number of carbonyl (C=O) groups excluding carboxylic acids is 3. The van der Waals surface area contributed by atoms with E-state index in [-0.39, 0.29) is 11.6 Å². The van der Waals surface area contributed by atoms with Gasteiger partial charge < -0.3 is 10.4 Å². The van der Waals surface area contributed by atoms with Crippen LogP contribution in [0.5, 0.6) is 0 Å². The number of alkyl halides is 1. The van der Waals surface area contributed by atoms with Crippen molar-refractivity contribution >= 4 is 47.4 Å². The Morgan fingerprint density at radius 1 is 1.52 bits per heavy atom. The van der Waals surface area contributed by atoms with Gasteiger partial charge in [0.1, 0.15) is 29.3 Å². The lowest BCUT2D eigenvalue weighted by molar-refractivity contribution is -0.150. The van der Waals surface area contributed by atoms with Gasteiger partial charge in [-0.25, -0.2) is 4.79 Å². The largest absolute Gasteiger partial charge is 0.477 e. The van der Waals surface area contributed by atoms with Gasteiger partial charge in [-0.05, 0) is 11.6 Å². The Hall–Kier alpha value is -1.80. The lowest BCUT2D eigenvalue weighted by Crippen LogP contribution is -2.70. The van der Waals surface area contributed by atoms with Crippen molar-refractivity contribution in [2.75, 3.05) is 11.6 Å². The molecule has 2 rings (SSSR count). The number of allylic oxidation sites excluding steroid dienone is 2. The fourth-order valence-electron chi connectivity index (χ4n) is 2.14. The van der Waals surface area contributed by atoms with Gasteiger partial charge in [-0.3, -0.25) is 19.3 Å². The Morgan fingerprint density at radius 3 is 2.81 bits per heavy atom. The average molecular weight is 331 g/mol. The number of rotatable bonds is 5. The molecular formula is C12H11ClN2O5S. The molecule has 112 valence electrons. The van der Waals surface area contributed by atoms with Crippen LogP contribution in [-0.4, -0.2) is 57.1 Å². The Labute approximate surface area is 129 Å². The normalized spacial score (nSPS) is 24.6. The fourth-order valence-corrected chi connectivity index (χ4v) is 3.53. The standard InChI is InChI=1S/C12H11ClN2O5S/c13-4-7(17)14-8-10(18)15-9(12(19)20)6(2-1-3-16)5-21-11(8)15/h1-3,8,11H,4-5H2,(H,14,17)(H,19,20)/t8?,11-/m0/s1. The molecule has 0 radical (unpaired) electrons. The summed E-state index contributed by atoms with van der Waals surface area (Å²) in [5, 5.41) is 11.3. The fraction of sp³-hybridized carbons (Fsp3) is 0.333. The lowest BCUT2D eigenvalue weighted by atomic mass is 10.0. The minimum absolute atomic E-state index is 0.154. The van der Waals surface area contributed by atoms with Gasteiger partial charge >= 0.3 is 5.97 Å². The molecule has 2 N–H and O–H groups in total. The van der Waals surface area contributed by atoms with E-state index < -0.39 is 29.2 Å². The first-order valence-electron chi connectivity index (χ1n) is 5.89. The summed E-state index contributed by atoms with van der Waals surface area (Å²) < 4.78 is 0. The number of thioether (sulfide) groups is 1. The topological polar surface area (TPSA) is 104 Å². The van der Waals surface area contributed by atoms with Crippen LogP contribution in [0.3, 0.4) is 0 Å². The van der Waals surface area contributed by atoms with Crippen LogP contribution in [0.15, 0.2) is 23.4 Å². The zero-order valence-electron chi connectivity index (χ0n) is 10.6. The number of halogens is 1. The van der Waals surface area contributed by atoms with Gasteiger partial charge in [0.25, 0.3) is 5.91 Å². The molecule has 2 atom stereocenters. The summed E-state index contributed by atoms with van der Waals surface area (Å²) in [6.07, 6.45) is 3.08. The van der Waals surface area contributed by atoms with Crippen molar-refractivity contribution in [3.63, 3.8) is 0 Å². The predicted molar refractivity (Wildman–Crippen MR) is 75.6 cm³/mol. The maximum Gasteiger partial charge on any atom is 0.352 e. The van der Waals surface area contributed by atoms with E-state index in [1.807, 2.05) is 0 Å². The van der Waals surface area contributed by atoms with Crippen LogP contribution in [0.2, 0.25) is 0 Å². The minimum Gasteiger partial charge on any atom is -0.477 e. The van der Waals surface area contributed by atoms with Gasteiger partial charge in [-0.2, -0.15) is 0 Å². The molecule has 0 saturated carbocycles. The predicted octanol–water partition coefficient (Wildman–Crippen LogP) is -0.281. The number of carboxylic acids is 1. The first-order valence-corrected chi connectivity index (χ1v) is 7.48. The molecule has 1 unspecified atom stereocenters. The Balaban J connectivity index is 2.26. The second-order valence-electron chi connectivity index (χ2n) is 4.26. The summed E-state index contributed by atoms with van der Waals surface area (Å²) in [7, 11) is 0. The highest BCUT2D eigenvalue weighted by molar-refractivity contribution is 8.00. The highest BCUT2D eigenvalue weighted by Gasteiger charge is 2.53. The van der Waals surface area contributed by atoms with Gasteiger partial charge in [0.2, 0.25) is 5.91 Å². The third-order valence-electron chi connectivity index (χ3n) is 3.01. The van der Waals surface area contributed by atoms with Crippen LogP contribution < -0.4 is 5.32 Å². The van der Waals surface area contributed by atoms with Crippen molar-refractivity contribution in [3.05, 3.63) is 23.4 Å². The quantitative estimate of drug-likeness (QED) is 0.311. The van der Waals surface area contributed by atoms with Gasteiger partial charge in [-0.15, -0.1) is 23.4 Å². The van der Waals surface area contributed by atoms with Crippen molar-refractivity contribution < 1.29 is 24.3 Å². The number of aliphatic carboxylic acids is 1. The van der Waals surface area contributed by atoms with Gasteiger partial charge in [-0.1, -0.05) is 6.08 Å². The van der Waals surface area contributed by atoms with Crippen LogP contribution in [0.25, 0.3) is 0 Å². The molecule has 1 saturated heterocycles. The molecule has 2 amide bonds. The van der Waals surface area contributed by atoms with E-state index >= 15 is 0 Å². The van der Waals surface area contributed by atoms with Crippen molar-refractivity contribution in [2.24, 2.45) is 0 Å². The van der Waals surface area contributed by atoms with Gasteiger partial charge in [0, 0.05) is 5.75 Å². The van der Waals surface area contributed by atoms with Crippen molar-refractivity contribution in [1.29, 1.82) is 0 Å². The molecule has 0 bridgehead atoms. The number of amides is 2. The summed E-state index contributed by atoms with van der Waals surface area (Å²) in [5.41, 5.74) is 0.226. The molecule has 0 aromatic rings. The van der Waals surface area contributed by atoms with Gasteiger partial charge in [0.15, 0.2) is 0 Å². The smallest absolute Gasteiger partial charge is 0.352 e. The summed E-state index contributed by atoms with van der Waals surface area (Å²) in [5.74, 6) is -2.17. The second kappa shape index (κ2) is 6.31. The average Bonchev–Trinajstić information content (AvgIpc) is 2.48. The number of carboxylic acid groups (broad SMARTS) is 1. The third kappa shape index (κ3) is 2.81. The number of aldehydes is 1. The molecule has 0 spiro atoms. The van der Waals surface area contributed by atoms with E-state index in [2.05, 4.69) is 5.32 Å². The number of β-lactam (4-membered cyclic amide) rings is 1. The maximum absolute atomic E-state index is 12.0. The zero-order chi connectivity index (χ0) is 15.6. The number of hydrogen-bond acceptors (Lipinski definition) is 5. The summed E-state index contributed by atoms with van der Waals surface area (Å²) >= 11 is 6.69. The molecule has 0 aromatic carbocycles. The third-order valence-corrected chi connectivity index (χ3v) is 4.56. The number of fused-ring (bicyclic) bond motifs is 1. The van der Waals surface area contributed by atoms with E-state index in [1.165, 1.54) is 23.9 Å². The molecule has 2 heterocycles. The molecule has 7 nitrogen and oxygen atoms in total. The number of nitrogens with zero attached hydrogens (tertiary/aromatic N) is 1. The van der Waals surface area contributed by atoms with Gasteiger partial charge in [0.05, 0.1) is 0 Å². The lowest BCUT2D eigenvalue weighted by Gasteiger charge is -2.49. The second-order valence-corrected chi connectivity index (χ2v) is 5.64. The van der Waals surface area contributed by atoms with E-state index in [9.17, 15) is 24.3 Å². The summed E-state index contributed by atoms with van der Waals surface area (Å²) in [6, 6.07) is -0.771. The Bertz CT molecular complexity index is 574. The van der Waals surface area contributed by atoms with Crippen molar-refractivity contribution in [1.82, 2.24) is 10.2 Å². The van der Waals surface area contributed by atoms with Crippen molar-refractivity contribution in [2.45, 2.75) is 11.4 Å². The molecule has 1 fully saturated rings. The highest BCUT2D eigenvalue weighted by atomic mass is 35.5.